The van der Waals surface area contributed by atoms with Crippen LogP contribution in [-0.2, 0) is 29.9 Å². The Hall–Kier alpha value is -2.43. The molecule has 0 bridgehead atoms. The van der Waals surface area contributed by atoms with Crippen molar-refractivity contribution >= 4 is 20.9 Å². The number of imidazole rings is 1. The molecule has 4 rings (SSSR count). The highest BCUT2D eigenvalue weighted by molar-refractivity contribution is 7.91. The summed E-state index contributed by atoms with van der Waals surface area (Å²) < 4.78 is 68.8. The van der Waals surface area contributed by atoms with Crippen LogP contribution in [-0.4, -0.2) is 44.7 Å². The van der Waals surface area contributed by atoms with Crippen LogP contribution in [0.15, 0.2) is 17.2 Å². The topological polar surface area (TPSA) is 82.7 Å². The second kappa shape index (κ2) is 6.54. The van der Waals surface area contributed by atoms with Crippen LogP contribution in [0.25, 0.3) is 22.6 Å². The van der Waals surface area contributed by atoms with Crippen LogP contribution < -0.4 is 0 Å². The number of pyridine rings is 1. The molecule has 0 radical (unpaired) electrons. The third-order valence-electron chi connectivity index (χ3n) is 5.41. The van der Waals surface area contributed by atoms with Crippen molar-refractivity contribution in [1.29, 1.82) is 0 Å². The Morgan fingerprint density at radius 1 is 1.31 bits per heavy atom. The van der Waals surface area contributed by atoms with Crippen molar-refractivity contribution in [1.82, 2.24) is 24.3 Å². The van der Waals surface area contributed by atoms with E-state index in [1.165, 1.54) is 11.6 Å². The maximum atomic E-state index is 13.3. The number of hydrogen-bond donors (Lipinski definition) is 0. The molecule has 0 amide bonds. The fourth-order valence-electron chi connectivity index (χ4n) is 3.77. The lowest BCUT2D eigenvalue weighted by Crippen LogP contribution is -2.32. The first-order valence-corrected chi connectivity index (χ1v) is 10.9. The SMILES string of the molecule is CCS(=O)(=O)c1c(-c2nc3cc(C)ncc3n2C)nn2c1CC(C(F)(F)F)CC2. The van der Waals surface area contributed by atoms with Gasteiger partial charge in [-0.15, -0.1) is 0 Å². The van der Waals surface area contributed by atoms with Crippen molar-refractivity contribution in [3.63, 3.8) is 0 Å². The molecule has 1 unspecified atom stereocenters. The fraction of sp³-hybridized carbons (Fsp3) is 0.500. The van der Waals surface area contributed by atoms with Crippen molar-refractivity contribution in [2.75, 3.05) is 5.75 Å². The number of fused-ring (bicyclic) bond motifs is 2. The molecular weight excluding hydrogens is 407 g/mol. The van der Waals surface area contributed by atoms with E-state index in [4.69, 9.17) is 0 Å². The van der Waals surface area contributed by atoms with E-state index in [0.29, 0.717) is 16.9 Å². The molecule has 0 aromatic carbocycles. The van der Waals surface area contributed by atoms with Gasteiger partial charge in [-0.05, 0) is 19.4 Å². The smallest absolute Gasteiger partial charge is 0.324 e. The quantitative estimate of drug-likeness (QED) is 0.642. The number of aryl methyl sites for hydroxylation is 3. The minimum atomic E-state index is -4.38. The van der Waals surface area contributed by atoms with E-state index in [1.54, 1.807) is 23.9 Å². The Kier molecular flexibility index (Phi) is 4.48. The molecule has 0 aliphatic carbocycles. The van der Waals surface area contributed by atoms with Gasteiger partial charge in [0.1, 0.15) is 10.6 Å². The van der Waals surface area contributed by atoms with Crippen LogP contribution in [0.5, 0.6) is 0 Å². The maximum Gasteiger partial charge on any atom is 0.392 e. The molecule has 1 aliphatic rings. The molecule has 3 aromatic rings. The molecule has 1 atom stereocenters. The van der Waals surface area contributed by atoms with E-state index in [0.717, 1.165) is 5.69 Å². The molecule has 0 saturated heterocycles. The average Bonchev–Trinajstić information content (AvgIpc) is 3.18. The first-order chi connectivity index (χ1) is 13.5. The Morgan fingerprint density at radius 3 is 2.69 bits per heavy atom. The third-order valence-corrected chi connectivity index (χ3v) is 7.22. The predicted molar refractivity (Wildman–Crippen MR) is 100 cm³/mol. The second-order valence-corrected chi connectivity index (χ2v) is 9.51. The van der Waals surface area contributed by atoms with Gasteiger partial charge in [-0.25, -0.2) is 13.4 Å². The number of halogens is 3. The number of hydrogen-bond acceptors (Lipinski definition) is 5. The van der Waals surface area contributed by atoms with Gasteiger partial charge in [-0.2, -0.15) is 18.3 Å². The first kappa shape index (κ1) is 19.9. The van der Waals surface area contributed by atoms with E-state index in [-0.39, 0.29) is 35.0 Å². The van der Waals surface area contributed by atoms with E-state index in [1.807, 2.05) is 6.92 Å². The van der Waals surface area contributed by atoms with Crippen LogP contribution in [0.2, 0.25) is 0 Å². The van der Waals surface area contributed by atoms with Crippen molar-refractivity contribution in [3.8, 4) is 11.5 Å². The minimum Gasteiger partial charge on any atom is -0.324 e. The number of aromatic nitrogens is 5. The molecule has 1 aliphatic heterocycles. The summed E-state index contributed by atoms with van der Waals surface area (Å²) >= 11 is 0. The van der Waals surface area contributed by atoms with Gasteiger partial charge < -0.3 is 4.57 Å². The summed E-state index contributed by atoms with van der Waals surface area (Å²) in [7, 11) is -2.12. The predicted octanol–water partition coefficient (Wildman–Crippen LogP) is 3.06. The van der Waals surface area contributed by atoms with Crippen molar-refractivity contribution < 1.29 is 21.6 Å². The van der Waals surface area contributed by atoms with E-state index >= 15 is 0 Å². The van der Waals surface area contributed by atoms with Gasteiger partial charge in [0.25, 0.3) is 0 Å². The van der Waals surface area contributed by atoms with Gasteiger partial charge in [-0.1, -0.05) is 6.92 Å². The second-order valence-electron chi connectivity index (χ2n) is 7.29. The monoisotopic (exact) mass is 427 g/mol. The molecule has 11 heteroatoms. The molecule has 29 heavy (non-hydrogen) atoms. The molecular formula is C18H20F3N5O2S. The summed E-state index contributed by atoms with van der Waals surface area (Å²) in [4.78, 5) is 8.62. The number of sulfone groups is 1. The molecule has 0 spiro atoms. The Bertz CT molecular complexity index is 1210. The largest absolute Gasteiger partial charge is 0.392 e. The van der Waals surface area contributed by atoms with Crippen LogP contribution in [0.3, 0.4) is 0 Å². The van der Waals surface area contributed by atoms with Crippen molar-refractivity contribution in [2.45, 2.75) is 44.3 Å². The molecule has 7 nitrogen and oxygen atoms in total. The van der Waals surface area contributed by atoms with Crippen LogP contribution in [0.4, 0.5) is 13.2 Å². The normalized spacial score (nSPS) is 17.7. The van der Waals surface area contributed by atoms with Gasteiger partial charge in [0, 0.05) is 25.7 Å². The summed E-state index contributed by atoms with van der Waals surface area (Å²) in [6, 6.07) is 1.77. The highest BCUT2D eigenvalue weighted by atomic mass is 32.2. The molecule has 0 saturated carbocycles. The van der Waals surface area contributed by atoms with E-state index < -0.39 is 28.4 Å². The number of alkyl halides is 3. The Balaban J connectivity index is 1.96. The van der Waals surface area contributed by atoms with Crippen molar-refractivity contribution in [3.05, 3.63) is 23.7 Å². The highest BCUT2D eigenvalue weighted by Crippen LogP contribution is 2.40. The zero-order valence-corrected chi connectivity index (χ0v) is 17.0. The standard InChI is InChI=1S/C18H20F3N5O2S/c1-4-29(27,28)16-13-8-11(18(19,20)21)5-6-26(13)24-15(16)17-23-12-7-10(2)22-9-14(12)25(17)3/h7,9,11H,4-6,8H2,1-3H3. The lowest BCUT2D eigenvalue weighted by atomic mass is 9.95. The zero-order valence-electron chi connectivity index (χ0n) is 16.2. The van der Waals surface area contributed by atoms with Crippen LogP contribution in [0, 0.1) is 12.8 Å². The van der Waals surface area contributed by atoms with E-state index in [9.17, 15) is 21.6 Å². The summed E-state index contributed by atoms with van der Waals surface area (Å²) in [5, 5.41) is 4.40. The van der Waals surface area contributed by atoms with E-state index in [2.05, 4.69) is 15.1 Å². The molecule has 0 N–H and O–H groups in total. The maximum absolute atomic E-state index is 13.3. The summed E-state index contributed by atoms with van der Waals surface area (Å²) in [6.45, 7) is 3.29. The van der Waals surface area contributed by atoms with Gasteiger partial charge in [0.05, 0.1) is 34.6 Å². The molecule has 3 aromatic heterocycles. The van der Waals surface area contributed by atoms with Gasteiger partial charge >= 0.3 is 6.18 Å². The Morgan fingerprint density at radius 2 is 2.03 bits per heavy atom. The van der Waals surface area contributed by atoms with Gasteiger partial charge in [0.15, 0.2) is 15.7 Å². The fourth-order valence-corrected chi connectivity index (χ4v) is 5.04. The minimum absolute atomic E-state index is 0.0103. The summed E-state index contributed by atoms with van der Waals surface area (Å²) in [5.41, 5.74) is 2.26. The molecule has 0 fully saturated rings. The lowest BCUT2D eigenvalue weighted by molar-refractivity contribution is -0.179. The Labute approximate surface area is 165 Å². The van der Waals surface area contributed by atoms with Gasteiger partial charge in [-0.3, -0.25) is 9.67 Å². The van der Waals surface area contributed by atoms with Crippen LogP contribution >= 0.6 is 0 Å². The highest BCUT2D eigenvalue weighted by Gasteiger charge is 2.44. The third kappa shape index (κ3) is 3.21. The molecule has 156 valence electrons. The molecule has 4 heterocycles. The van der Waals surface area contributed by atoms with Gasteiger partial charge in [0.2, 0.25) is 0 Å². The first-order valence-electron chi connectivity index (χ1n) is 9.21. The average molecular weight is 427 g/mol. The zero-order chi connectivity index (χ0) is 21.1. The lowest BCUT2D eigenvalue weighted by Gasteiger charge is -2.25. The number of rotatable bonds is 3. The number of nitrogens with zero attached hydrogens (tertiary/aromatic N) is 5. The van der Waals surface area contributed by atoms with Crippen molar-refractivity contribution in [2.24, 2.45) is 13.0 Å². The summed E-state index contributed by atoms with van der Waals surface area (Å²) in [6.07, 6.45) is -3.29. The van der Waals surface area contributed by atoms with Crippen LogP contribution in [0.1, 0.15) is 24.7 Å². The summed E-state index contributed by atoms with van der Waals surface area (Å²) in [5.74, 6) is -1.53.